The molecular formula is C22H31N3O5. The summed E-state index contributed by atoms with van der Waals surface area (Å²) in [6, 6.07) is 4.56. The predicted molar refractivity (Wildman–Crippen MR) is 111 cm³/mol. The molecule has 1 aromatic rings. The van der Waals surface area contributed by atoms with Crippen LogP contribution in [0.15, 0.2) is 18.2 Å². The van der Waals surface area contributed by atoms with Gasteiger partial charge in [0.15, 0.2) is 11.5 Å². The van der Waals surface area contributed by atoms with Crippen LogP contribution in [0.1, 0.15) is 52.5 Å². The minimum Gasteiger partial charge on any atom is -0.486 e. The van der Waals surface area contributed by atoms with Gasteiger partial charge in [-0.3, -0.25) is 14.5 Å². The van der Waals surface area contributed by atoms with Crippen LogP contribution in [0.5, 0.6) is 11.5 Å². The lowest BCUT2D eigenvalue weighted by molar-refractivity contribution is -0.135. The summed E-state index contributed by atoms with van der Waals surface area (Å²) in [6.07, 6.45) is 2.98. The number of hydrogen-bond acceptors (Lipinski definition) is 5. The Morgan fingerprint density at radius 3 is 2.57 bits per heavy atom. The SMILES string of the molecule is CC(C)CCC[C@H](C)NC(=O)CN1C(=O)N[C@](C)(c2ccc3c(c2)OCCO3)C1=O. The van der Waals surface area contributed by atoms with Gasteiger partial charge in [0.05, 0.1) is 0 Å². The third kappa shape index (κ3) is 4.68. The summed E-state index contributed by atoms with van der Waals surface area (Å²) in [6.45, 7) is 8.49. The number of nitrogens with one attached hydrogen (secondary N) is 2. The van der Waals surface area contributed by atoms with Crippen molar-refractivity contribution in [2.75, 3.05) is 19.8 Å². The van der Waals surface area contributed by atoms with Crippen molar-refractivity contribution < 1.29 is 23.9 Å². The van der Waals surface area contributed by atoms with Gasteiger partial charge in [0, 0.05) is 6.04 Å². The van der Waals surface area contributed by atoms with Gasteiger partial charge in [-0.1, -0.05) is 32.8 Å². The second-order valence-electron chi connectivity index (χ2n) is 8.60. The Bertz CT molecular complexity index is 825. The minimum atomic E-state index is -1.27. The average molecular weight is 418 g/mol. The first-order chi connectivity index (χ1) is 14.2. The smallest absolute Gasteiger partial charge is 0.325 e. The molecule has 2 heterocycles. The zero-order chi connectivity index (χ0) is 21.9. The van der Waals surface area contributed by atoms with E-state index in [9.17, 15) is 14.4 Å². The molecule has 1 aromatic carbocycles. The minimum absolute atomic E-state index is 0.0128. The van der Waals surface area contributed by atoms with Crippen LogP contribution in [-0.2, 0) is 15.1 Å². The standard InChI is InChI=1S/C22H31N3O5/c1-14(2)6-5-7-15(3)23-19(26)13-25-20(27)22(4,24-21(25)28)16-8-9-17-18(12-16)30-11-10-29-17/h8-9,12,14-15H,5-7,10-11,13H2,1-4H3,(H,23,26)(H,24,28)/t15-,22+/m0/s1. The summed E-state index contributed by atoms with van der Waals surface area (Å²) in [7, 11) is 0. The van der Waals surface area contributed by atoms with Crippen LogP contribution in [0, 0.1) is 5.92 Å². The Balaban J connectivity index is 1.63. The number of nitrogens with zero attached hydrogens (tertiary/aromatic N) is 1. The van der Waals surface area contributed by atoms with E-state index in [0.29, 0.717) is 36.2 Å². The lowest BCUT2D eigenvalue weighted by Gasteiger charge is -2.25. The molecule has 1 fully saturated rings. The number of ether oxygens (including phenoxy) is 2. The van der Waals surface area contributed by atoms with Crippen molar-refractivity contribution in [1.82, 2.24) is 15.5 Å². The molecule has 30 heavy (non-hydrogen) atoms. The van der Waals surface area contributed by atoms with Crippen molar-refractivity contribution in [2.45, 2.75) is 58.5 Å². The number of carbonyl (C=O) groups is 3. The Labute approximate surface area is 177 Å². The first-order valence-corrected chi connectivity index (χ1v) is 10.5. The Morgan fingerprint density at radius 1 is 1.17 bits per heavy atom. The predicted octanol–water partition coefficient (Wildman–Crippen LogP) is 2.56. The van der Waals surface area contributed by atoms with Crippen LogP contribution in [0.4, 0.5) is 4.79 Å². The molecule has 0 saturated carbocycles. The summed E-state index contributed by atoms with van der Waals surface area (Å²) < 4.78 is 11.1. The molecule has 1 saturated heterocycles. The topological polar surface area (TPSA) is 97.0 Å². The maximum Gasteiger partial charge on any atom is 0.325 e. The molecule has 8 heteroatoms. The van der Waals surface area contributed by atoms with Crippen LogP contribution < -0.4 is 20.1 Å². The molecule has 8 nitrogen and oxygen atoms in total. The van der Waals surface area contributed by atoms with Crippen LogP contribution in [0.3, 0.4) is 0 Å². The van der Waals surface area contributed by atoms with Gasteiger partial charge >= 0.3 is 6.03 Å². The van der Waals surface area contributed by atoms with Crippen molar-refractivity contribution in [3.05, 3.63) is 23.8 Å². The first kappa shape index (κ1) is 21.9. The van der Waals surface area contributed by atoms with E-state index in [4.69, 9.17) is 9.47 Å². The van der Waals surface area contributed by atoms with E-state index in [-0.39, 0.29) is 18.5 Å². The maximum absolute atomic E-state index is 13.1. The molecule has 0 aromatic heterocycles. The van der Waals surface area contributed by atoms with Crippen molar-refractivity contribution in [3.8, 4) is 11.5 Å². The molecule has 3 rings (SSSR count). The highest BCUT2D eigenvalue weighted by Crippen LogP contribution is 2.36. The molecule has 0 aliphatic carbocycles. The molecule has 4 amide bonds. The van der Waals surface area contributed by atoms with E-state index in [1.807, 2.05) is 6.92 Å². The maximum atomic E-state index is 13.1. The summed E-state index contributed by atoms with van der Waals surface area (Å²) in [5.41, 5.74) is -0.689. The van der Waals surface area contributed by atoms with Crippen LogP contribution in [0.2, 0.25) is 0 Å². The van der Waals surface area contributed by atoms with Crippen LogP contribution in [0.25, 0.3) is 0 Å². The van der Waals surface area contributed by atoms with E-state index < -0.39 is 17.5 Å². The molecule has 2 aliphatic rings. The second-order valence-corrected chi connectivity index (χ2v) is 8.60. The number of imide groups is 1. The van der Waals surface area contributed by atoms with Crippen molar-refractivity contribution in [2.24, 2.45) is 5.92 Å². The third-order valence-corrected chi connectivity index (χ3v) is 5.52. The monoisotopic (exact) mass is 417 g/mol. The quantitative estimate of drug-likeness (QED) is 0.634. The number of amides is 4. The van der Waals surface area contributed by atoms with E-state index in [2.05, 4.69) is 24.5 Å². The Morgan fingerprint density at radius 2 is 1.87 bits per heavy atom. The summed E-state index contributed by atoms with van der Waals surface area (Å²) in [4.78, 5) is 38.9. The van der Waals surface area contributed by atoms with Gasteiger partial charge in [-0.05, 0) is 43.9 Å². The molecular weight excluding hydrogens is 386 g/mol. The molecule has 164 valence electrons. The van der Waals surface area contributed by atoms with Crippen molar-refractivity contribution in [3.63, 3.8) is 0 Å². The molecule has 0 unspecified atom stereocenters. The van der Waals surface area contributed by atoms with Gasteiger partial charge in [0.2, 0.25) is 5.91 Å². The Kier molecular flexibility index (Phi) is 6.53. The van der Waals surface area contributed by atoms with Gasteiger partial charge < -0.3 is 20.1 Å². The fourth-order valence-corrected chi connectivity index (χ4v) is 3.76. The molecule has 0 radical (unpaired) electrons. The highest BCUT2D eigenvalue weighted by molar-refractivity contribution is 6.09. The highest BCUT2D eigenvalue weighted by Gasteiger charge is 2.49. The molecule has 0 bridgehead atoms. The van der Waals surface area contributed by atoms with Crippen LogP contribution in [-0.4, -0.2) is 48.5 Å². The number of benzene rings is 1. The van der Waals surface area contributed by atoms with Crippen LogP contribution >= 0.6 is 0 Å². The number of rotatable bonds is 8. The van der Waals surface area contributed by atoms with Crippen molar-refractivity contribution >= 4 is 17.8 Å². The summed E-state index contributed by atoms with van der Waals surface area (Å²) >= 11 is 0. The van der Waals surface area contributed by atoms with E-state index in [1.54, 1.807) is 25.1 Å². The van der Waals surface area contributed by atoms with E-state index in [1.165, 1.54) is 0 Å². The lowest BCUT2D eigenvalue weighted by Crippen LogP contribution is -2.45. The first-order valence-electron chi connectivity index (χ1n) is 10.5. The fraction of sp³-hybridized carbons (Fsp3) is 0.591. The van der Waals surface area contributed by atoms with Gasteiger partial charge in [-0.2, -0.15) is 0 Å². The lowest BCUT2D eigenvalue weighted by atomic mass is 9.91. The molecule has 0 spiro atoms. The molecule has 2 N–H and O–H groups in total. The second kappa shape index (κ2) is 8.93. The van der Waals surface area contributed by atoms with E-state index >= 15 is 0 Å². The fourth-order valence-electron chi connectivity index (χ4n) is 3.76. The molecule has 2 atom stereocenters. The number of fused-ring (bicyclic) bond motifs is 1. The number of urea groups is 1. The van der Waals surface area contributed by atoms with E-state index in [0.717, 1.165) is 24.2 Å². The largest absolute Gasteiger partial charge is 0.486 e. The van der Waals surface area contributed by atoms with Crippen molar-refractivity contribution in [1.29, 1.82) is 0 Å². The van der Waals surface area contributed by atoms with Gasteiger partial charge in [-0.25, -0.2) is 4.79 Å². The van der Waals surface area contributed by atoms with Gasteiger partial charge in [0.1, 0.15) is 25.3 Å². The average Bonchev–Trinajstić information content (AvgIpc) is 2.91. The zero-order valence-electron chi connectivity index (χ0n) is 18.1. The summed E-state index contributed by atoms with van der Waals surface area (Å²) in [5, 5.41) is 5.60. The summed E-state index contributed by atoms with van der Waals surface area (Å²) in [5.74, 6) is 0.951. The Hall–Kier alpha value is -2.77. The third-order valence-electron chi connectivity index (χ3n) is 5.52. The normalized spacial score (nSPS) is 21.6. The number of carbonyl (C=O) groups excluding carboxylic acids is 3. The number of hydrogen-bond donors (Lipinski definition) is 2. The van der Waals surface area contributed by atoms with Gasteiger partial charge in [0.25, 0.3) is 5.91 Å². The zero-order valence-corrected chi connectivity index (χ0v) is 18.1. The highest BCUT2D eigenvalue weighted by atomic mass is 16.6. The van der Waals surface area contributed by atoms with Gasteiger partial charge in [-0.15, -0.1) is 0 Å². The molecule has 2 aliphatic heterocycles.